The van der Waals surface area contributed by atoms with E-state index in [4.69, 9.17) is 4.99 Å². The number of para-hydroxylation sites is 1. The van der Waals surface area contributed by atoms with Crippen LogP contribution >= 0.6 is 0 Å². The summed E-state index contributed by atoms with van der Waals surface area (Å²) in [5.74, 6) is 1.01. The number of rotatable bonds is 5. The Bertz CT molecular complexity index is 1240. The van der Waals surface area contributed by atoms with Crippen molar-refractivity contribution in [1.82, 2.24) is 5.32 Å². The minimum atomic E-state index is 0.0420. The molecule has 0 radical (unpaired) electrons. The molecule has 0 saturated heterocycles. The van der Waals surface area contributed by atoms with E-state index in [1.807, 2.05) is 6.07 Å². The molecule has 0 amide bonds. The first-order valence-corrected chi connectivity index (χ1v) is 11.9. The molecule has 0 saturated carbocycles. The number of hydrogen-bond donors (Lipinski definition) is 1. The van der Waals surface area contributed by atoms with Crippen LogP contribution in [-0.4, -0.2) is 5.71 Å². The number of allylic oxidation sites excluding steroid dienone is 3. The second-order valence-electron chi connectivity index (χ2n) is 9.57. The summed E-state index contributed by atoms with van der Waals surface area (Å²) < 4.78 is 0. The van der Waals surface area contributed by atoms with Crippen molar-refractivity contribution in [1.29, 1.82) is 0 Å². The predicted molar refractivity (Wildman–Crippen MR) is 136 cm³/mol. The summed E-state index contributed by atoms with van der Waals surface area (Å²) in [4.78, 5) is 5.20. The number of aliphatic imine (C=N–C) groups is 1. The van der Waals surface area contributed by atoms with E-state index in [1.165, 1.54) is 33.2 Å². The number of nitrogens with zero attached hydrogens (tertiary/aromatic N) is 1. The average Bonchev–Trinajstić information content (AvgIpc) is 3.09. The van der Waals surface area contributed by atoms with Crippen LogP contribution in [0.3, 0.4) is 0 Å². The third-order valence-corrected chi connectivity index (χ3v) is 6.80. The van der Waals surface area contributed by atoms with Gasteiger partial charge in [0.05, 0.1) is 17.4 Å². The minimum Gasteiger partial charge on any atom is -0.373 e. The zero-order valence-corrected chi connectivity index (χ0v) is 19.5. The van der Waals surface area contributed by atoms with Gasteiger partial charge in [-0.1, -0.05) is 88.4 Å². The largest absolute Gasteiger partial charge is 0.373 e. The van der Waals surface area contributed by atoms with Crippen LogP contribution < -0.4 is 5.32 Å². The van der Waals surface area contributed by atoms with E-state index in [2.05, 4.69) is 99.8 Å². The normalized spacial score (nSPS) is 19.4. The van der Waals surface area contributed by atoms with E-state index in [9.17, 15) is 0 Å². The molecule has 1 unspecified atom stereocenters. The fourth-order valence-corrected chi connectivity index (χ4v) is 5.26. The lowest BCUT2D eigenvalue weighted by Gasteiger charge is -2.30. The molecule has 2 aliphatic rings. The highest BCUT2D eigenvalue weighted by atomic mass is 15.0. The Balaban J connectivity index is 1.69. The molecule has 0 heterocycles. The second kappa shape index (κ2) is 8.43. The molecule has 2 heteroatoms. The van der Waals surface area contributed by atoms with E-state index in [0.29, 0.717) is 11.8 Å². The molecular formula is C30H32N2. The SMILES string of the molecule is CC(C)C1=CCCC(C(C)C)=C1NC1/C(=N/c2ccccc2)c2cccc3cccc1c23. The second-order valence-corrected chi connectivity index (χ2v) is 9.57. The molecule has 0 bridgehead atoms. The van der Waals surface area contributed by atoms with Crippen LogP contribution in [0, 0.1) is 11.8 Å². The Morgan fingerprint density at radius 2 is 1.59 bits per heavy atom. The molecule has 0 aromatic heterocycles. The third-order valence-electron chi connectivity index (χ3n) is 6.80. The highest BCUT2D eigenvalue weighted by Gasteiger charge is 2.33. The van der Waals surface area contributed by atoms with Crippen LogP contribution in [0.5, 0.6) is 0 Å². The van der Waals surface area contributed by atoms with Gasteiger partial charge in [-0.05, 0) is 64.3 Å². The van der Waals surface area contributed by atoms with E-state index in [-0.39, 0.29) is 6.04 Å². The quantitative estimate of drug-likeness (QED) is 0.446. The van der Waals surface area contributed by atoms with Gasteiger partial charge in [-0.15, -0.1) is 0 Å². The van der Waals surface area contributed by atoms with Crippen LogP contribution in [-0.2, 0) is 0 Å². The lowest BCUT2D eigenvalue weighted by Crippen LogP contribution is -2.30. The molecule has 3 aromatic rings. The fraction of sp³-hybridized carbons (Fsp3) is 0.300. The van der Waals surface area contributed by atoms with Crippen molar-refractivity contribution in [3.8, 4) is 0 Å². The molecule has 2 aliphatic carbocycles. The lowest BCUT2D eigenvalue weighted by molar-refractivity contribution is 0.620. The molecule has 1 atom stereocenters. The van der Waals surface area contributed by atoms with E-state index < -0.39 is 0 Å². The monoisotopic (exact) mass is 420 g/mol. The summed E-state index contributed by atoms with van der Waals surface area (Å²) in [7, 11) is 0. The van der Waals surface area contributed by atoms with Gasteiger partial charge in [0.1, 0.15) is 0 Å². The van der Waals surface area contributed by atoms with Crippen LogP contribution in [0.1, 0.15) is 57.7 Å². The Morgan fingerprint density at radius 1 is 0.844 bits per heavy atom. The zero-order valence-electron chi connectivity index (χ0n) is 19.5. The van der Waals surface area contributed by atoms with Crippen molar-refractivity contribution in [3.05, 3.63) is 101 Å². The van der Waals surface area contributed by atoms with Gasteiger partial charge in [0.2, 0.25) is 0 Å². The van der Waals surface area contributed by atoms with Gasteiger partial charge in [0.15, 0.2) is 0 Å². The zero-order chi connectivity index (χ0) is 22.2. The van der Waals surface area contributed by atoms with E-state index in [0.717, 1.165) is 24.2 Å². The van der Waals surface area contributed by atoms with Crippen molar-refractivity contribution >= 4 is 22.2 Å². The number of benzene rings is 3. The molecule has 162 valence electrons. The standard InChI is InChI=1S/C30H32N2/c1-19(2)23-15-10-16-24(20(3)4)28(23)32-30-26-18-9-12-21-11-8-17-25(27(21)26)29(30)31-22-13-6-5-7-14-22/h5-9,11-15,17-20,30,32H,10,16H2,1-4H3/b31-29+. The van der Waals surface area contributed by atoms with Crippen LogP contribution in [0.2, 0.25) is 0 Å². The van der Waals surface area contributed by atoms with Gasteiger partial charge >= 0.3 is 0 Å². The summed E-state index contributed by atoms with van der Waals surface area (Å²) in [6, 6.07) is 23.6. The molecule has 0 spiro atoms. The van der Waals surface area contributed by atoms with Crippen molar-refractivity contribution in [2.75, 3.05) is 0 Å². The molecule has 1 N–H and O–H groups in total. The average molecular weight is 421 g/mol. The summed E-state index contributed by atoms with van der Waals surface area (Å²) >= 11 is 0. The fourth-order valence-electron chi connectivity index (χ4n) is 5.26. The van der Waals surface area contributed by atoms with Crippen molar-refractivity contribution in [3.63, 3.8) is 0 Å². The first-order chi connectivity index (χ1) is 15.5. The third kappa shape index (κ3) is 3.58. The highest BCUT2D eigenvalue weighted by molar-refractivity contribution is 6.21. The summed E-state index contributed by atoms with van der Waals surface area (Å²) in [6.07, 6.45) is 4.71. The van der Waals surface area contributed by atoms with Crippen LogP contribution in [0.25, 0.3) is 10.8 Å². The Hall–Kier alpha value is -3.13. The van der Waals surface area contributed by atoms with Gasteiger partial charge in [0, 0.05) is 11.3 Å². The lowest BCUT2D eigenvalue weighted by atomic mass is 9.84. The Kier molecular flexibility index (Phi) is 5.46. The predicted octanol–water partition coefficient (Wildman–Crippen LogP) is 7.89. The Morgan fingerprint density at radius 3 is 2.31 bits per heavy atom. The topological polar surface area (TPSA) is 24.4 Å². The van der Waals surface area contributed by atoms with Crippen molar-refractivity contribution < 1.29 is 0 Å². The number of nitrogens with one attached hydrogen (secondary N) is 1. The summed E-state index contributed by atoms with van der Waals surface area (Å²) in [5.41, 5.74) is 9.03. The van der Waals surface area contributed by atoms with Crippen molar-refractivity contribution in [2.45, 2.75) is 46.6 Å². The summed E-state index contributed by atoms with van der Waals surface area (Å²) in [6.45, 7) is 9.26. The van der Waals surface area contributed by atoms with Gasteiger partial charge in [-0.3, -0.25) is 4.99 Å². The van der Waals surface area contributed by atoms with E-state index >= 15 is 0 Å². The maximum Gasteiger partial charge on any atom is 0.0953 e. The molecule has 3 aromatic carbocycles. The molecule has 5 rings (SSSR count). The smallest absolute Gasteiger partial charge is 0.0953 e. The molecule has 0 fully saturated rings. The van der Waals surface area contributed by atoms with Crippen molar-refractivity contribution in [2.24, 2.45) is 16.8 Å². The van der Waals surface area contributed by atoms with Gasteiger partial charge < -0.3 is 5.32 Å². The summed E-state index contributed by atoms with van der Waals surface area (Å²) in [5, 5.41) is 6.66. The first kappa shape index (κ1) is 20.8. The Labute approximate surface area is 191 Å². The van der Waals surface area contributed by atoms with Gasteiger partial charge in [-0.2, -0.15) is 0 Å². The minimum absolute atomic E-state index is 0.0420. The molecule has 32 heavy (non-hydrogen) atoms. The molecule has 0 aliphatic heterocycles. The van der Waals surface area contributed by atoms with Crippen LogP contribution in [0.4, 0.5) is 5.69 Å². The van der Waals surface area contributed by atoms with E-state index in [1.54, 1.807) is 5.57 Å². The van der Waals surface area contributed by atoms with Gasteiger partial charge in [-0.25, -0.2) is 0 Å². The maximum absolute atomic E-state index is 5.20. The highest BCUT2D eigenvalue weighted by Crippen LogP contribution is 2.41. The first-order valence-electron chi connectivity index (χ1n) is 11.9. The van der Waals surface area contributed by atoms with Gasteiger partial charge in [0.25, 0.3) is 0 Å². The van der Waals surface area contributed by atoms with Crippen LogP contribution in [0.15, 0.2) is 94.6 Å². The molecule has 2 nitrogen and oxygen atoms in total. The number of hydrogen-bond acceptors (Lipinski definition) is 2. The molecular weight excluding hydrogens is 388 g/mol. The maximum atomic E-state index is 5.20.